The Bertz CT molecular complexity index is 419. The standard InChI is InChI=1S/C16H25NO2/c1-11-4-6-15(12(2)8-11)17-10-13-9-14(19-3)5-7-16(13)18/h5,7,9,11-12,15,17-18H,4,6,8,10H2,1-3H3. The molecular formula is C16H25NO2. The second kappa shape index (κ2) is 6.29. The van der Waals surface area contributed by atoms with Gasteiger partial charge in [-0.2, -0.15) is 0 Å². The molecular weight excluding hydrogens is 238 g/mol. The van der Waals surface area contributed by atoms with E-state index in [9.17, 15) is 5.11 Å². The number of ether oxygens (including phenoxy) is 1. The van der Waals surface area contributed by atoms with E-state index in [4.69, 9.17) is 4.74 Å². The average Bonchev–Trinajstić information content (AvgIpc) is 2.39. The van der Waals surface area contributed by atoms with Gasteiger partial charge >= 0.3 is 0 Å². The average molecular weight is 263 g/mol. The summed E-state index contributed by atoms with van der Waals surface area (Å²) in [5, 5.41) is 13.5. The predicted molar refractivity (Wildman–Crippen MR) is 77.5 cm³/mol. The van der Waals surface area contributed by atoms with Gasteiger partial charge in [0.15, 0.2) is 0 Å². The molecule has 0 saturated heterocycles. The van der Waals surface area contributed by atoms with Crippen molar-refractivity contribution in [3.8, 4) is 11.5 Å². The molecule has 1 saturated carbocycles. The third-order valence-corrected chi connectivity index (χ3v) is 4.27. The van der Waals surface area contributed by atoms with Crippen molar-refractivity contribution in [1.82, 2.24) is 5.32 Å². The fourth-order valence-electron chi connectivity index (χ4n) is 3.04. The minimum absolute atomic E-state index is 0.338. The van der Waals surface area contributed by atoms with Crippen molar-refractivity contribution in [2.75, 3.05) is 7.11 Å². The Balaban J connectivity index is 1.95. The molecule has 106 valence electrons. The van der Waals surface area contributed by atoms with Crippen LogP contribution in [0.4, 0.5) is 0 Å². The lowest BCUT2D eigenvalue weighted by molar-refractivity contribution is 0.226. The molecule has 19 heavy (non-hydrogen) atoms. The molecule has 3 nitrogen and oxygen atoms in total. The van der Waals surface area contributed by atoms with Gasteiger partial charge in [0.05, 0.1) is 7.11 Å². The molecule has 0 aliphatic heterocycles. The second-order valence-electron chi connectivity index (χ2n) is 5.88. The second-order valence-corrected chi connectivity index (χ2v) is 5.88. The van der Waals surface area contributed by atoms with Crippen molar-refractivity contribution in [2.24, 2.45) is 11.8 Å². The Morgan fingerprint density at radius 3 is 2.79 bits per heavy atom. The molecule has 3 heteroatoms. The van der Waals surface area contributed by atoms with E-state index in [-0.39, 0.29) is 0 Å². The number of phenolic OH excluding ortho intramolecular Hbond substituents is 1. The highest BCUT2D eigenvalue weighted by Crippen LogP contribution is 2.29. The largest absolute Gasteiger partial charge is 0.508 e. The van der Waals surface area contributed by atoms with Gasteiger partial charge in [0, 0.05) is 18.2 Å². The van der Waals surface area contributed by atoms with Crippen molar-refractivity contribution in [1.29, 1.82) is 0 Å². The number of phenols is 1. The highest BCUT2D eigenvalue weighted by molar-refractivity contribution is 5.39. The van der Waals surface area contributed by atoms with Gasteiger partial charge in [-0.3, -0.25) is 0 Å². The maximum Gasteiger partial charge on any atom is 0.120 e. The fourth-order valence-corrected chi connectivity index (χ4v) is 3.04. The van der Waals surface area contributed by atoms with Crippen LogP contribution in [0.3, 0.4) is 0 Å². The predicted octanol–water partition coefficient (Wildman–Crippen LogP) is 3.32. The van der Waals surface area contributed by atoms with Gasteiger partial charge in [-0.05, 0) is 49.3 Å². The number of nitrogens with one attached hydrogen (secondary N) is 1. The lowest BCUT2D eigenvalue weighted by Gasteiger charge is -2.33. The van der Waals surface area contributed by atoms with Crippen LogP contribution in [0, 0.1) is 11.8 Å². The molecule has 0 spiro atoms. The SMILES string of the molecule is COc1ccc(O)c(CNC2CCC(C)CC2C)c1. The summed E-state index contributed by atoms with van der Waals surface area (Å²) in [4.78, 5) is 0. The van der Waals surface area contributed by atoms with E-state index < -0.39 is 0 Å². The van der Waals surface area contributed by atoms with Gasteiger partial charge in [0.25, 0.3) is 0 Å². The zero-order valence-corrected chi connectivity index (χ0v) is 12.1. The van der Waals surface area contributed by atoms with Crippen LogP contribution in [0.2, 0.25) is 0 Å². The zero-order chi connectivity index (χ0) is 13.8. The van der Waals surface area contributed by atoms with E-state index in [1.54, 1.807) is 19.2 Å². The van der Waals surface area contributed by atoms with Crippen LogP contribution in [0.5, 0.6) is 11.5 Å². The molecule has 0 aromatic heterocycles. The van der Waals surface area contributed by atoms with Crippen LogP contribution in [0.1, 0.15) is 38.7 Å². The van der Waals surface area contributed by atoms with Crippen LogP contribution >= 0.6 is 0 Å². The molecule has 1 aromatic rings. The summed E-state index contributed by atoms with van der Waals surface area (Å²) < 4.78 is 5.20. The van der Waals surface area contributed by atoms with E-state index in [0.29, 0.717) is 24.3 Å². The van der Waals surface area contributed by atoms with Crippen molar-refractivity contribution < 1.29 is 9.84 Å². The molecule has 0 bridgehead atoms. The van der Waals surface area contributed by atoms with Crippen molar-refractivity contribution in [3.63, 3.8) is 0 Å². The molecule has 1 aliphatic carbocycles. The molecule has 3 atom stereocenters. The maximum atomic E-state index is 9.87. The first-order valence-corrected chi connectivity index (χ1v) is 7.19. The summed E-state index contributed by atoms with van der Waals surface area (Å²) in [5.41, 5.74) is 0.908. The van der Waals surface area contributed by atoms with Crippen LogP contribution in [-0.2, 0) is 6.54 Å². The molecule has 0 heterocycles. The zero-order valence-electron chi connectivity index (χ0n) is 12.1. The van der Waals surface area contributed by atoms with Crippen LogP contribution < -0.4 is 10.1 Å². The number of benzene rings is 1. The van der Waals surface area contributed by atoms with Crippen molar-refractivity contribution >= 4 is 0 Å². The van der Waals surface area contributed by atoms with Gasteiger partial charge in [-0.25, -0.2) is 0 Å². The van der Waals surface area contributed by atoms with Gasteiger partial charge in [0.1, 0.15) is 11.5 Å². The normalized spacial score (nSPS) is 27.2. The Morgan fingerprint density at radius 1 is 1.32 bits per heavy atom. The van der Waals surface area contributed by atoms with Crippen LogP contribution in [-0.4, -0.2) is 18.3 Å². The van der Waals surface area contributed by atoms with Gasteiger partial charge < -0.3 is 15.2 Å². The summed E-state index contributed by atoms with van der Waals surface area (Å²) in [6.07, 6.45) is 3.82. The van der Waals surface area contributed by atoms with E-state index in [1.807, 2.05) is 6.07 Å². The minimum atomic E-state index is 0.338. The first-order chi connectivity index (χ1) is 9.10. The smallest absolute Gasteiger partial charge is 0.120 e. The Kier molecular flexibility index (Phi) is 4.70. The van der Waals surface area contributed by atoms with Gasteiger partial charge in [-0.1, -0.05) is 13.8 Å². The molecule has 1 fully saturated rings. The quantitative estimate of drug-likeness (QED) is 0.875. The number of rotatable bonds is 4. The molecule has 1 aromatic carbocycles. The summed E-state index contributed by atoms with van der Waals surface area (Å²) in [5.74, 6) is 2.68. The van der Waals surface area contributed by atoms with E-state index in [0.717, 1.165) is 17.2 Å². The highest BCUT2D eigenvalue weighted by Gasteiger charge is 2.24. The van der Waals surface area contributed by atoms with Gasteiger partial charge in [-0.15, -0.1) is 0 Å². The number of hydrogen-bond acceptors (Lipinski definition) is 3. The minimum Gasteiger partial charge on any atom is -0.508 e. The lowest BCUT2D eigenvalue weighted by Crippen LogP contribution is -2.38. The Labute approximate surface area is 116 Å². The first-order valence-electron chi connectivity index (χ1n) is 7.19. The lowest BCUT2D eigenvalue weighted by atomic mass is 9.80. The highest BCUT2D eigenvalue weighted by atomic mass is 16.5. The van der Waals surface area contributed by atoms with Crippen molar-refractivity contribution in [2.45, 2.75) is 45.7 Å². The molecule has 1 aliphatic rings. The molecule has 0 radical (unpaired) electrons. The summed E-state index contributed by atoms with van der Waals surface area (Å²) in [6, 6.07) is 5.94. The summed E-state index contributed by atoms with van der Waals surface area (Å²) in [7, 11) is 1.65. The molecule has 3 unspecified atom stereocenters. The monoisotopic (exact) mass is 263 g/mol. The molecule has 2 N–H and O–H groups in total. The molecule has 0 amide bonds. The number of methoxy groups -OCH3 is 1. The third-order valence-electron chi connectivity index (χ3n) is 4.27. The summed E-state index contributed by atoms with van der Waals surface area (Å²) >= 11 is 0. The number of aromatic hydroxyl groups is 1. The first kappa shape index (κ1) is 14.2. The topological polar surface area (TPSA) is 41.5 Å². The molecule has 2 rings (SSSR count). The summed E-state index contributed by atoms with van der Waals surface area (Å²) in [6.45, 7) is 5.35. The van der Waals surface area contributed by atoms with Crippen LogP contribution in [0.15, 0.2) is 18.2 Å². The van der Waals surface area contributed by atoms with Crippen LogP contribution in [0.25, 0.3) is 0 Å². The Hall–Kier alpha value is -1.22. The van der Waals surface area contributed by atoms with E-state index >= 15 is 0 Å². The maximum absolute atomic E-state index is 9.87. The van der Waals surface area contributed by atoms with E-state index in [1.165, 1.54) is 19.3 Å². The third kappa shape index (κ3) is 3.63. The van der Waals surface area contributed by atoms with E-state index in [2.05, 4.69) is 19.2 Å². The van der Waals surface area contributed by atoms with Crippen molar-refractivity contribution in [3.05, 3.63) is 23.8 Å². The Morgan fingerprint density at radius 2 is 2.11 bits per heavy atom. The fraction of sp³-hybridized carbons (Fsp3) is 0.625. The number of hydrogen-bond donors (Lipinski definition) is 2. The van der Waals surface area contributed by atoms with Gasteiger partial charge in [0.2, 0.25) is 0 Å².